The fourth-order valence-corrected chi connectivity index (χ4v) is 4.14. The van der Waals surface area contributed by atoms with Crippen molar-refractivity contribution in [3.63, 3.8) is 0 Å². The fraction of sp³-hybridized carbons (Fsp3) is 0.400. The Morgan fingerprint density at radius 2 is 1.91 bits per heavy atom. The molecule has 0 fully saturated rings. The predicted molar refractivity (Wildman–Crippen MR) is 131 cm³/mol. The maximum atomic E-state index is 10.9. The van der Waals surface area contributed by atoms with Crippen LogP contribution in [-0.2, 0) is 24.8 Å². The van der Waals surface area contributed by atoms with Crippen LogP contribution in [0.25, 0.3) is 0 Å². The number of unbranched alkanes of at least 4 members (excludes halogenated alkanes) is 4. The van der Waals surface area contributed by atoms with Crippen molar-refractivity contribution < 1.29 is 14.6 Å². The SMILES string of the molecule is CCCCCCCOc1cc(Sc2nncn2C)ccc1CNc1ccc(CC(=O)O)cc1. The number of rotatable bonds is 14. The second-order valence-corrected chi connectivity index (χ2v) is 9.02. The van der Waals surface area contributed by atoms with Crippen LogP contribution in [-0.4, -0.2) is 32.4 Å². The number of aryl methyl sites for hydroxylation is 1. The smallest absolute Gasteiger partial charge is 0.307 e. The molecule has 0 aliphatic carbocycles. The van der Waals surface area contributed by atoms with E-state index in [1.54, 1.807) is 18.1 Å². The summed E-state index contributed by atoms with van der Waals surface area (Å²) in [5.41, 5.74) is 2.79. The number of anilines is 1. The lowest BCUT2D eigenvalue weighted by atomic mass is 10.1. The quantitative estimate of drug-likeness (QED) is 0.300. The van der Waals surface area contributed by atoms with Crippen LogP contribution in [0.4, 0.5) is 5.69 Å². The molecule has 0 atom stereocenters. The van der Waals surface area contributed by atoms with Crippen molar-refractivity contribution in [2.75, 3.05) is 11.9 Å². The van der Waals surface area contributed by atoms with E-state index < -0.39 is 5.97 Å². The first-order chi connectivity index (χ1) is 16.0. The molecule has 0 unspecified atom stereocenters. The third-order valence-electron chi connectivity index (χ3n) is 5.22. The third-order valence-corrected chi connectivity index (χ3v) is 6.26. The summed E-state index contributed by atoms with van der Waals surface area (Å²) >= 11 is 1.56. The van der Waals surface area contributed by atoms with Gasteiger partial charge in [-0.3, -0.25) is 4.79 Å². The van der Waals surface area contributed by atoms with Crippen LogP contribution in [0.3, 0.4) is 0 Å². The highest BCUT2D eigenvalue weighted by Gasteiger charge is 2.10. The summed E-state index contributed by atoms with van der Waals surface area (Å²) in [4.78, 5) is 11.9. The van der Waals surface area contributed by atoms with Gasteiger partial charge >= 0.3 is 5.97 Å². The Morgan fingerprint density at radius 3 is 2.61 bits per heavy atom. The highest BCUT2D eigenvalue weighted by atomic mass is 32.2. The minimum Gasteiger partial charge on any atom is -0.493 e. The van der Waals surface area contributed by atoms with Crippen LogP contribution in [0.2, 0.25) is 0 Å². The molecule has 33 heavy (non-hydrogen) atoms. The van der Waals surface area contributed by atoms with Gasteiger partial charge in [0.15, 0.2) is 5.16 Å². The van der Waals surface area contributed by atoms with Crippen molar-refractivity contribution in [2.45, 2.75) is 62.0 Å². The minimum absolute atomic E-state index is 0.0289. The molecule has 8 heteroatoms. The van der Waals surface area contributed by atoms with E-state index in [0.29, 0.717) is 13.2 Å². The first-order valence-electron chi connectivity index (χ1n) is 11.4. The molecule has 0 aliphatic rings. The van der Waals surface area contributed by atoms with Gasteiger partial charge < -0.3 is 19.7 Å². The number of nitrogens with zero attached hydrogens (tertiary/aromatic N) is 3. The van der Waals surface area contributed by atoms with E-state index in [1.165, 1.54) is 25.7 Å². The molecule has 0 saturated heterocycles. The number of hydrogen-bond donors (Lipinski definition) is 2. The van der Waals surface area contributed by atoms with Crippen LogP contribution in [0.1, 0.15) is 50.2 Å². The Hall–Kier alpha value is -3.00. The van der Waals surface area contributed by atoms with Crippen molar-refractivity contribution in [1.82, 2.24) is 14.8 Å². The van der Waals surface area contributed by atoms with Crippen molar-refractivity contribution in [1.29, 1.82) is 0 Å². The molecule has 0 spiro atoms. The average molecular weight is 469 g/mol. The lowest BCUT2D eigenvalue weighted by Crippen LogP contribution is -2.05. The standard InChI is InChI=1S/C25H32N4O3S/c1-3-4-5-6-7-14-32-23-16-22(33-25-28-27-18-29(25)2)13-10-20(23)17-26-21-11-8-19(9-12-21)15-24(30)31/h8-13,16,18,26H,3-7,14-15,17H2,1-2H3,(H,30,31). The molecule has 1 aromatic heterocycles. The Bertz CT molecular complexity index is 1020. The van der Waals surface area contributed by atoms with Crippen LogP contribution < -0.4 is 10.1 Å². The number of nitrogens with one attached hydrogen (secondary N) is 1. The Morgan fingerprint density at radius 1 is 1.12 bits per heavy atom. The highest BCUT2D eigenvalue weighted by molar-refractivity contribution is 7.99. The van der Waals surface area contributed by atoms with Gasteiger partial charge in [-0.25, -0.2) is 0 Å². The summed E-state index contributed by atoms with van der Waals surface area (Å²) in [6.45, 7) is 3.52. The molecule has 2 aromatic carbocycles. The van der Waals surface area contributed by atoms with Crippen molar-refractivity contribution >= 4 is 23.4 Å². The molecule has 0 radical (unpaired) electrons. The zero-order valence-corrected chi connectivity index (χ0v) is 20.1. The van der Waals surface area contributed by atoms with Gasteiger partial charge in [0.25, 0.3) is 0 Å². The van der Waals surface area contributed by atoms with Crippen molar-refractivity contribution in [2.24, 2.45) is 7.05 Å². The maximum Gasteiger partial charge on any atom is 0.307 e. The van der Waals surface area contributed by atoms with E-state index in [1.807, 2.05) is 35.9 Å². The van der Waals surface area contributed by atoms with Gasteiger partial charge in [0, 0.05) is 29.7 Å². The van der Waals surface area contributed by atoms with Crippen LogP contribution >= 0.6 is 11.8 Å². The molecular formula is C25H32N4O3S. The summed E-state index contributed by atoms with van der Waals surface area (Å²) in [5.74, 6) is 0.0409. The topological polar surface area (TPSA) is 89.3 Å². The largest absolute Gasteiger partial charge is 0.493 e. The van der Waals surface area contributed by atoms with Gasteiger partial charge in [-0.2, -0.15) is 0 Å². The zero-order chi connectivity index (χ0) is 23.5. The number of aliphatic carboxylic acids is 1. The average Bonchev–Trinajstić information content (AvgIpc) is 3.20. The number of benzene rings is 2. The maximum absolute atomic E-state index is 10.9. The molecular weight excluding hydrogens is 436 g/mol. The second kappa shape index (κ2) is 12.9. The summed E-state index contributed by atoms with van der Waals surface area (Å²) in [6, 6.07) is 13.7. The van der Waals surface area contributed by atoms with Crippen LogP contribution in [0.5, 0.6) is 5.75 Å². The van der Waals surface area contributed by atoms with Crippen molar-refractivity contribution in [3.05, 3.63) is 59.9 Å². The zero-order valence-electron chi connectivity index (χ0n) is 19.3. The van der Waals surface area contributed by atoms with Crippen molar-refractivity contribution in [3.8, 4) is 5.75 Å². The van der Waals surface area contributed by atoms with Gasteiger partial charge in [-0.05, 0) is 48.0 Å². The first kappa shape index (κ1) is 24.6. The second-order valence-electron chi connectivity index (χ2n) is 7.98. The third kappa shape index (κ3) is 8.13. The van der Waals surface area contributed by atoms with E-state index in [-0.39, 0.29) is 6.42 Å². The molecule has 0 aliphatic heterocycles. The number of aromatic nitrogens is 3. The van der Waals surface area contributed by atoms with Gasteiger partial charge in [0.2, 0.25) is 0 Å². The molecule has 2 N–H and O–H groups in total. The molecule has 176 valence electrons. The summed E-state index contributed by atoms with van der Waals surface area (Å²) in [7, 11) is 1.93. The molecule has 0 bridgehead atoms. The summed E-state index contributed by atoms with van der Waals surface area (Å²) in [5, 5.41) is 21.3. The number of hydrogen-bond acceptors (Lipinski definition) is 6. The monoisotopic (exact) mass is 468 g/mol. The van der Waals surface area contributed by atoms with E-state index in [0.717, 1.165) is 39.0 Å². The predicted octanol–water partition coefficient (Wildman–Crippen LogP) is 5.55. The Labute approximate surface area is 199 Å². The minimum atomic E-state index is -0.827. The molecule has 3 rings (SSSR count). The Balaban J connectivity index is 1.65. The van der Waals surface area contributed by atoms with E-state index in [9.17, 15) is 4.79 Å². The molecule has 0 saturated carbocycles. The van der Waals surface area contributed by atoms with Crippen LogP contribution in [0, 0.1) is 0 Å². The molecule has 0 amide bonds. The lowest BCUT2D eigenvalue weighted by molar-refractivity contribution is -0.136. The number of carboxylic acids is 1. The van der Waals surface area contributed by atoms with Gasteiger partial charge in [0.05, 0.1) is 13.0 Å². The van der Waals surface area contributed by atoms with Gasteiger partial charge in [-0.15, -0.1) is 10.2 Å². The lowest BCUT2D eigenvalue weighted by Gasteiger charge is -2.15. The first-order valence-corrected chi connectivity index (χ1v) is 12.2. The number of carboxylic acid groups (broad SMARTS) is 1. The normalized spacial score (nSPS) is 10.8. The van der Waals surface area contributed by atoms with E-state index in [2.05, 4.69) is 40.6 Å². The van der Waals surface area contributed by atoms with Gasteiger partial charge in [-0.1, -0.05) is 50.8 Å². The van der Waals surface area contributed by atoms with E-state index in [4.69, 9.17) is 9.84 Å². The summed E-state index contributed by atoms with van der Waals surface area (Å²) < 4.78 is 8.09. The molecule has 3 aromatic rings. The summed E-state index contributed by atoms with van der Waals surface area (Å²) in [6.07, 6.45) is 7.68. The Kier molecular flexibility index (Phi) is 9.62. The fourth-order valence-electron chi connectivity index (χ4n) is 3.35. The number of ether oxygens (including phenoxy) is 1. The molecule has 1 heterocycles. The molecule has 7 nitrogen and oxygen atoms in total. The van der Waals surface area contributed by atoms with Crippen LogP contribution in [0.15, 0.2) is 58.8 Å². The number of carbonyl (C=O) groups is 1. The van der Waals surface area contributed by atoms with Gasteiger partial charge in [0.1, 0.15) is 12.1 Å². The highest BCUT2D eigenvalue weighted by Crippen LogP contribution is 2.31. The van der Waals surface area contributed by atoms with E-state index >= 15 is 0 Å².